The van der Waals surface area contributed by atoms with Gasteiger partial charge in [-0.3, -0.25) is 0 Å². The summed E-state index contributed by atoms with van der Waals surface area (Å²) in [5.41, 5.74) is 1.52. The van der Waals surface area contributed by atoms with Gasteiger partial charge in [-0.15, -0.1) is 0 Å². The summed E-state index contributed by atoms with van der Waals surface area (Å²) in [5.74, 6) is 2.91. The largest absolute Gasteiger partial charge is 0.441 e. The Bertz CT molecular complexity index is 1120. The van der Waals surface area contributed by atoms with Crippen molar-refractivity contribution in [2.75, 3.05) is 0 Å². The van der Waals surface area contributed by atoms with Gasteiger partial charge in [-0.1, -0.05) is 32.4 Å². The van der Waals surface area contributed by atoms with E-state index < -0.39 is 0 Å². The lowest BCUT2D eigenvalue weighted by molar-refractivity contribution is -0.207. The maximum atomic E-state index is 11.8. The van der Waals surface area contributed by atoms with Crippen LogP contribution in [-0.2, 0) is 6.42 Å². The number of hydrogen-bond donors (Lipinski definition) is 3. The van der Waals surface area contributed by atoms with E-state index in [0.29, 0.717) is 34.6 Å². The molecule has 4 aliphatic carbocycles. The van der Waals surface area contributed by atoms with Crippen molar-refractivity contribution in [3.8, 4) is 0 Å². The Labute approximate surface area is 219 Å². The minimum absolute atomic E-state index is 0.116. The molecule has 5 nitrogen and oxygen atoms in total. The number of rotatable bonds is 4. The highest BCUT2D eigenvalue weighted by atomic mass is 35.5. The quantitative estimate of drug-likeness (QED) is 0.464. The van der Waals surface area contributed by atoms with Crippen molar-refractivity contribution >= 4 is 22.7 Å². The molecule has 4 aliphatic rings. The van der Waals surface area contributed by atoms with Crippen molar-refractivity contribution in [1.29, 1.82) is 0 Å². The SMILES string of the molecule is CC(CCc1nc2cc(Cl)ccc2o1)[C@H]1CC[C@H]2[C@@H]3[C@H](O)C[C@@H]4C[C@H](O)CC[C@]4(C)[C@H]3C[C@H](O)[C@]12C. The third-order valence-corrected chi connectivity index (χ3v) is 12.0. The monoisotopic (exact) mass is 515 g/mol. The number of aliphatic hydroxyl groups excluding tert-OH is 3. The van der Waals surface area contributed by atoms with Crippen molar-refractivity contribution in [2.24, 2.45) is 46.3 Å². The smallest absolute Gasteiger partial charge is 0.195 e. The maximum absolute atomic E-state index is 11.8. The highest BCUT2D eigenvalue weighted by Gasteiger charge is 2.65. The van der Waals surface area contributed by atoms with Gasteiger partial charge in [0.05, 0.1) is 18.3 Å². The van der Waals surface area contributed by atoms with E-state index in [1.165, 1.54) is 0 Å². The normalized spacial score (nSPS) is 45.2. The molecule has 1 aromatic carbocycles. The lowest BCUT2D eigenvalue weighted by atomic mass is 9.43. The Balaban J connectivity index is 1.20. The molecular formula is C30H42ClNO4. The standard InChI is InChI=1S/C30H42ClNO4/c1-16(4-9-27-32-23-14-18(31)5-8-25(23)36-27)20-6-7-21-28-22(15-26(35)30(20,21)3)29(2)11-10-19(33)12-17(29)13-24(28)34/h5,8,14,16-17,19-22,24,26,28,33-35H,4,6-7,9-13,15H2,1-3H3/t16?,17-,19+,20+,21-,22-,24+,26-,28-,29-,30+/m0/s1. The molecule has 0 spiro atoms. The molecular weight excluding hydrogens is 474 g/mol. The summed E-state index contributed by atoms with van der Waals surface area (Å²) in [6, 6.07) is 5.55. The van der Waals surface area contributed by atoms with Gasteiger partial charge in [-0.05, 0) is 116 Å². The number of aliphatic hydroxyl groups is 3. The second-order valence-corrected chi connectivity index (χ2v) is 13.7. The third kappa shape index (κ3) is 3.79. The van der Waals surface area contributed by atoms with Crippen LogP contribution >= 0.6 is 11.6 Å². The first kappa shape index (κ1) is 25.2. The van der Waals surface area contributed by atoms with Gasteiger partial charge in [-0.25, -0.2) is 4.98 Å². The van der Waals surface area contributed by atoms with Crippen LogP contribution < -0.4 is 0 Å². The summed E-state index contributed by atoms with van der Waals surface area (Å²) in [5, 5.41) is 34.2. The number of aryl methyl sites for hydroxylation is 1. The van der Waals surface area contributed by atoms with Crippen LogP contribution in [-0.4, -0.2) is 38.6 Å². The zero-order chi connectivity index (χ0) is 25.4. The molecule has 0 radical (unpaired) electrons. The van der Waals surface area contributed by atoms with Gasteiger partial charge in [0.25, 0.3) is 0 Å². The van der Waals surface area contributed by atoms with Crippen molar-refractivity contribution < 1.29 is 19.7 Å². The number of halogens is 1. The van der Waals surface area contributed by atoms with Gasteiger partial charge in [0.2, 0.25) is 0 Å². The highest BCUT2D eigenvalue weighted by molar-refractivity contribution is 6.31. The molecule has 0 aliphatic heterocycles. The predicted molar refractivity (Wildman–Crippen MR) is 141 cm³/mol. The van der Waals surface area contributed by atoms with Crippen molar-refractivity contribution in [2.45, 2.75) is 96.9 Å². The first-order valence-corrected chi connectivity index (χ1v) is 14.6. The van der Waals surface area contributed by atoms with E-state index in [2.05, 4.69) is 25.8 Å². The fraction of sp³-hybridized carbons (Fsp3) is 0.767. The molecule has 6 heteroatoms. The first-order chi connectivity index (χ1) is 17.1. The predicted octanol–water partition coefficient (Wildman–Crippen LogP) is 6.01. The van der Waals surface area contributed by atoms with Crippen molar-refractivity contribution in [3.63, 3.8) is 0 Å². The van der Waals surface area contributed by atoms with E-state index in [0.717, 1.165) is 74.8 Å². The van der Waals surface area contributed by atoms with Crippen LogP contribution in [0, 0.1) is 46.3 Å². The van der Waals surface area contributed by atoms with Crippen LogP contribution in [0.2, 0.25) is 5.02 Å². The van der Waals surface area contributed by atoms with Crippen LogP contribution in [0.1, 0.15) is 78.0 Å². The first-order valence-electron chi connectivity index (χ1n) is 14.2. The minimum Gasteiger partial charge on any atom is -0.441 e. The number of oxazole rings is 1. The van der Waals surface area contributed by atoms with Gasteiger partial charge >= 0.3 is 0 Å². The van der Waals surface area contributed by atoms with Gasteiger partial charge in [0.15, 0.2) is 11.5 Å². The molecule has 1 heterocycles. The van der Waals surface area contributed by atoms with E-state index >= 15 is 0 Å². The lowest BCUT2D eigenvalue weighted by Crippen LogP contribution is -2.62. The zero-order valence-electron chi connectivity index (χ0n) is 21.9. The van der Waals surface area contributed by atoms with Crippen LogP contribution in [0.3, 0.4) is 0 Å². The number of benzene rings is 1. The van der Waals surface area contributed by atoms with Gasteiger partial charge < -0.3 is 19.7 Å². The molecule has 1 unspecified atom stereocenters. The topological polar surface area (TPSA) is 86.7 Å². The van der Waals surface area contributed by atoms with E-state index in [1.807, 2.05) is 18.2 Å². The molecule has 36 heavy (non-hydrogen) atoms. The van der Waals surface area contributed by atoms with Crippen LogP contribution in [0.4, 0.5) is 0 Å². The molecule has 0 bridgehead atoms. The Morgan fingerprint density at radius 3 is 2.69 bits per heavy atom. The zero-order valence-corrected chi connectivity index (χ0v) is 22.6. The fourth-order valence-electron chi connectivity index (χ4n) is 9.74. The van der Waals surface area contributed by atoms with E-state index in [9.17, 15) is 15.3 Å². The molecule has 0 saturated heterocycles. The second-order valence-electron chi connectivity index (χ2n) is 13.3. The average Bonchev–Trinajstić information content (AvgIpc) is 3.40. The summed E-state index contributed by atoms with van der Waals surface area (Å²) in [6.45, 7) is 7.04. The number of hydrogen-bond acceptors (Lipinski definition) is 5. The second kappa shape index (κ2) is 8.97. The summed E-state index contributed by atoms with van der Waals surface area (Å²) < 4.78 is 5.97. The summed E-state index contributed by atoms with van der Waals surface area (Å²) in [7, 11) is 0. The molecule has 4 saturated carbocycles. The molecule has 198 valence electrons. The molecule has 11 atom stereocenters. The van der Waals surface area contributed by atoms with Gasteiger partial charge in [-0.2, -0.15) is 0 Å². The van der Waals surface area contributed by atoms with Crippen LogP contribution in [0.25, 0.3) is 11.1 Å². The Hall–Kier alpha value is -1.14. The van der Waals surface area contributed by atoms with Gasteiger partial charge in [0.1, 0.15) is 5.52 Å². The molecule has 3 N–H and O–H groups in total. The summed E-state index contributed by atoms with van der Waals surface area (Å²) in [6.07, 6.45) is 7.29. The van der Waals surface area contributed by atoms with E-state index in [4.69, 9.17) is 16.0 Å². The Morgan fingerprint density at radius 1 is 1.08 bits per heavy atom. The maximum Gasteiger partial charge on any atom is 0.195 e. The highest BCUT2D eigenvalue weighted by Crippen LogP contribution is 2.68. The number of aromatic nitrogens is 1. The summed E-state index contributed by atoms with van der Waals surface area (Å²) in [4.78, 5) is 4.65. The Morgan fingerprint density at radius 2 is 1.89 bits per heavy atom. The lowest BCUT2D eigenvalue weighted by Gasteiger charge is -2.63. The Kier molecular flexibility index (Phi) is 6.26. The van der Waals surface area contributed by atoms with Crippen molar-refractivity contribution in [3.05, 3.63) is 29.1 Å². The number of nitrogens with zero attached hydrogens (tertiary/aromatic N) is 1. The van der Waals surface area contributed by atoms with Crippen LogP contribution in [0.15, 0.2) is 22.6 Å². The van der Waals surface area contributed by atoms with E-state index in [-0.39, 0.29) is 35.1 Å². The molecule has 6 rings (SSSR count). The molecule has 4 fully saturated rings. The molecule has 1 aromatic heterocycles. The summed E-state index contributed by atoms with van der Waals surface area (Å²) >= 11 is 6.11. The van der Waals surface area contributed by atoms with E-state index in [1.54, 1.807) is 0 Å². The average molecular weight is 516 g/mol. The number of fused-ring (bicyclic) bond motifs is 6. The minimum atomic E-state index is -0.347. The van der Waals surface area contributed by atoms with Crippen LogP contribution in [0.5, 0.6) is 0 Å². The molecule has 2 aromatic rings. The molecule has 0 amide bonds. The third-order valence-electron chi connectivity index (χ3n) is 11.7. The van der Waals surface area contributed by atoms with Crippen molar-refractivity contribution in [1.82, 2.24) is 4.98 Å². The fourth-order valence-corrected chi connectivity index (χ4v) is 9.91. The van der Waals surface area contributed by atoms with Gasteiger partial charge in [0, 0.05) is 11.4 Å².